The minimum absolute atomic E-state index is 0.0296. The number of morpholine rings is 1. The van der Waals surface area contributed by atoms with E-state index in [1.165, 1.54) is 6.92 Å². The van der Waals surface area contributed by atoms with Gasteiger partial charge in [0.1, 0.15) is 6.04 Å². The third kappa shape index (κ3) is 4.51. The van der Waals surface area contributed by atoms with Gasteiger partial charge >= 0.3 is 6.18 Å². The van der Waals surface area contributed by atoms with Crippen molar-refractivity contribution in [2.24, 2.45) is 0 Å². The summed E-state index contributed by atoms with van der Waals surface area (Å²) in [5.74, 6) is 0. The third-order valence-corrected chi connectivity index (χ3v) is 6.13. The number of hydrogen-bond acceptors (Lipinski definition) is 3. The summed E-state index contributed by atoms with van der Waals surface area (Å²) in [4.78, 5) is 0. The molecule has 1 aromatic rings. The van der Waals surface area contributed by atoms with E-state index in [-0.39, 0.29) is 38.4 Å². The highest BCUT2D eigenvalue weighted by molar-refractivity contribution is 7.86. The van der Waals surface area contributed by atoms with Gasteiger partial charge in [0.05, 0.1) is 18.8 Å². The maximum atomic E-state index is 13.7. The second kappa shape index (κ2) is 8.15. The van der Waals surface area contributed by atoms with Crippen LogP contribution < -0.4 is 0 Å². The number of benzene rings is 1. The first-order valence-electron chi connectivity index (χ1n) is 7.89. The van der Waals surface area contributed by atoms with Gasteiger partial charge < -0.3 is 4.74 Å². The molecule has 0 N–H and O–H groups in total. The van der Waals surface area contributed by atoms with E-state index in [1.807, 2.05) is 0 Å². The van der Waals surface area contributed by atoms with E-state index in [1.54, 1.807) is 0 Å². The predicted molar refractivity (Wildman–Crippen MR) is 83.9 cm³/mol. The zero-order valence-corrected chi connectivity index (χ0v) is 14.7. The fourth-order valence-electron chi connectivity index (χ4n) is 2.74. The molecule has 1 fully saturated rings. The summed E-state index contributed by atoms with van der Waals surface area (Å²) in [6.45, 7) is 1.50. The molecule has 1 atom stereocenters. The minimum atomic E-state index is -4.61. The molecule has 2 rings (SSSR count). The third-order valence-electron chi connectivity index (χ3n) is 4.03. The van der Waals surface area contributed by atoms with E-state index in [2.05, 4.69) is 0 Å². The van der Waals surface area contributed by atoms with E-state index in [0.29, 0.717) is 16.4 Å². The van der Waals surface area contributed by atoms with Gasteiger partial charge in [0.15, 0.2) is 0 Å². The van der Waals surface area contributed by atoms with Gasteiger partial charge in [0.2, 0.25) is 0 Å². The lowest BCUT2D eigenvalue weighted by Crippen LogP contribution is -2.50. The monoisotopic (exact) mass is 402 g/mol. The molecular formula is C15H19F5N2O3S. The maximum Gasteiger partial charge on any atom is 0.416 e. The second-order valence-electron chi connectivity index (χ2n) is 5.62. The van der Waals surface area contributed by atoms with Gasteiger partial charge in [-0.1, -0.05) is 19.1 Å². The number of rotatable bonds is 6. The lowest BCUT2D eigenvalue weighted by atomic mass is 10.0. The van der Waals surface area contributed by atoms with Crippen LogP contribution in [0.3, 0.4) is 0 Å². The molecule has 0 aromatic heterocycles. The summed E-state index contributed by atoms with van der Waals surface area (Å²) in [6.07, 6.45) is -7.72. The Bertz CT molecular complexity index is 688. The topological polar surface area (TPSA) is 49.9 Å². The highest BCUT2D eigenvalue weighted by Gasteiger charge is 2.40. The molecule has 1 saturated heterocycles. The van der Waals surface area contributed by atoms with Crippen LogP contribution in [0.4, 0.5) is 22.0 Å². The first-order chi connectivity index (χ1) is 12.1. The van der Waals surface area contributed by atoms with Crippen molar-refractivity contribution in [1.82, 2.24) is 8.61 Å². The average molecular weight is 402 g/mol. The van der Waals surface area contributed by atoms with Crippen LogP contribution in [0.15, 0.2) is 24.3 Å². The van der Waals surface area contributed by atoms with Gasteiger partial charge in [-0.15, -0.1) is 0 Å². The van der Waals surface area contributed by atoms with Crippen LogP contribution in [-0.4, -0.2) is 56.3 Å². The lowest BCUT2D eigenvalue weighted by molar-refractivity contribution is -0.137. The van der Waals surface area contributed by atoms with Crippen molar-refractivity contribution < 1.29 is 35.1 Å². The average Bonchev–Trinajstić information content (AvgIpc) is 2.59. The van der Waals surface area contributed by atoms with Crippen LogP contribution in [-0.2, 0) is 21.1 Å². The maximum absolute atomic E-state index is 13.7. The highest BCUT2D eigenvalue weighted by Crippen LogP contribution is 2.34. The molecule has 11 heteroatoms. The minimum Gasteiger partial charge on any atom is -0.379 e. The molecule has 1 heterocycles. The number of ether oxygens (including phenoxy) is 1. The highest BCUT2D eigenvalue weighted by atomic mass is 32.2. The SMILES string of the molecule is CCN([C@H](c1ccc(C(F)(F)F)cc1)C(F)F)S(=O)(=O)N1CCOCC1. The van der Waals surface area contributed by atoms with Gasteiger partial charge in [-0.05, 0) is 17.7 Å². The summed E-state index contributed by atoms with van der Waals surface area (Å²) in [5.41, 5.74) is -1.19. The summed E-state index contributed by atoms with van der Waals surface area (Å²) in [5, 5.41) is 0. The molecular weight excluding hydrogens is 383 g/mol. The zero-order chi connectivity index (χ0) is 19.5. The standard InChI is InChI=1S/C15H19F5N2O3S/c1-2-22(26(23,24)21-7-9-25-10-8-21)13(14(16)17)11-3-5-12(6-4-11)15(18,19)20/h3-6,13-14H,2,7-10H2,1H3/t13-/m1/s1. The van der Waals surface area contributed by atoms with Crippen molar-refractivity contribution in [3.63, 3.8) is 0 Å². The zero-order valence-electron chi connectivity index (χ0n) is 13.9. The molecule has 0 saturated carbocycles. The predicted octanol–water partition coefficient (Wildman–Crippen LogP) is 2.91. The van der Waals surface area contributed by atoms with Crippen molar-refractivity contribution in [2.75, 3.05) is 32.8 Å². The Morgan fingerprint density at radius 2 is 1.69 bits per heavy atom. The number of nitrogens with zero attached hydrogens (tertiary/aromatic N) is 2. The van der Waals surface area contributed by atoms with Crippen molar-refractivity contribution >= 4 is 10.2 Å². The molecule has 0 bridgehead atoms. The summed E-state index contributed by atoms with van der Waals surface area (Å²) < 4.78 is 97.6. The van der Waals surface area contributed by atoms with Crippen molar-refractivity contribution in [1.29, 1.82) is 0 Å². The lowest BCUT2D eigenvalue weighted by Gasteiger charge is -2.35. The molecule has 0 spiro atoms. The van der Waals surface area contributed by atoms with Crippen LogP contribution >= 0.6 is 0 Å². The summed E-state index contributed by atoms with van der Waals surface area (Å²) in [7, 11) is -4.22. The molecule has 26 heavy (non-hydrogen) atoms. The smallest absolute Gasteiger partial charge is 0.379 e. The second-order valence-corrected chi connectivity index (χ2v) is 7.50. The van der Waals surface area contributed by atoms with Gasteiger partial charge in [-0.3, -0.25) is 0 Å². The fourth-order valence-corrected chi connectivity index (χ4v) is 4.47. The van der Waals surface area contributed by atoms with E-state index in [4.69, 9.17) is 4.74 Å². The molecule has 0 amide bonds. The molecule has 1 aliphatic rings. The van der Waals surface area contributed by atoms with E-state index in [0.717, 1.165) is 16.4 Å². The quantitative estimate of drug-likeness (QED) is 0.688. The Hall–Kier alpha value is -1.30. The Morgan fingerprint density at radius 3 is 2.12 bits per heavy atom. The van der Waals surface area contributed by atoms with E-state index >= 15 is 0 Å². The molecule has 1 aliphatic heterocycles. The van der Waals surface area contributed by atoms with Gasteiger partial charge in [-0.25, -0.2) is 8.78 Å². The van der Waals surface area contributed by atoms with Crippen LogP contribution in [0, 0.1) is 0 Å². The Balaban J connectivity index is 2.37. The summed E-state index contributed by atoms with van der Waals surface area (Å²) >= 11 is 0. The fraction of sp³-hybridized carbons (Fsp3) is 0.600. The first kappa shape index (κ1) is 21.0. The van der Waals surface area contributed by atoms with Crippen molar-refractivity contribution in [2.45, 2.75) is 25.6 Å². The molecule has 1 aromatic carbocycles. The number of halogens is 5. The van der Waals surface area contributed by atoms with Gasteiger partial charge in [-0.2, -0.15) is 30.2 Å². The van der Waals surface area contributed by atoms with Crippen molar-refractivity contribution in [3.05, 3.63) is 35.4 Å². The molecule has 0 unspecified atom stereocenters. The van der Waals surface area contributed by atoms with Crippen LogP contribution in [0.5, 0.6) is 0 Å². The first-order valence-corrected chi connectivity index (χ1v) is 9.28. The van der Waals surface area contributed by atoms with E-state index < -0.39 is 34.4 Å². The molecule has 148 valence electrons. The summed E-state index contributed by atoms with van der Waals surface area (Å²) in [6, 6.07) is 1.23. The molecule has 0 aliphatic carbocycles. The molecule has 5 nitrogen and oxygen atoms in total. The van der Waals surface area contributed by atoms with Crippen LogP contribution in [0.25, 0.3) is 0 Å². The normalized spacial score (nSPS) is 18.5. The Kier molecular flexibility index (Phi) is 6.59. The number of hydrogen-bond donors (Lipinski definition) is 0. The Morgan fingerprint density at radius 1 is 1.15 bits per heavy atom. The van der Waals surface area contributed by atoms with Gasteiger partial charge in [0, 0.05) is 19.6 Å². The van der Waals surface area contributed by atoms with Gasteiger partial charge in [0.25, 0.3) is 16.6 Å². The number of alkyl halides is 5. The largest absolute Gasteiger partial charge is 0.416 e. The van der Waals surface area contributed by atoms with Crippen LogP contribution in [0.2, 0.25) is 0 Å². The molecule has 0 radical (unpaired) electrons. The van der Waals surface area contributed by atoms with Crippen LogP contribution in [0.1, 0.15) is 24.1 Å². The van der Waals surface area contributed by atoms with E-state index in [9.17, 15) is 30.4 Å². The Labute approximate surface area is 148 Å². The van der Waals surface area contributed by atoms with Crippen molar-refractivity contribution in [3.8, 4) is 0 Å².